The van der Waals surface area contributed by atoms with E-state index < -0.39 is 11.7 Å². The normalized spacial score (nSPS) is 31.5. The molecule has 0 aliphatic carbocycles. The maximum Gasteiger partial charge on any atom is 0.118 e. The first-order valence-corrected chi connectivity index (χ1v) is 5.38. The van der Waals surface area contributed by atoms with Crippen LogP contribution in [0.3, 0.4) is 0 Å². The second kappa shape index (κ2) is 4.10. The van der Waals surface area contributed by atoms with Crippen LogP contribution in [0.2, 0.25) is 5.02 Å². The quantitative estimate of drug-likeness (QED) is 0.668. The Kier molecular flexibility index (Phi) is 2.98. The van der Waals surface area contributed by atoms with Crippen molar-refractivity contribution in [3.8, 4) is 0 Å². The SMILES string of the molecule is O[C@H]1CNCC[C@]1(O)c1ccc(Cl)cc1. The fourth-order valence-electron chi connectivity index (χ4n) is 1.93. The Balaban J connectivity index is 2.30. The van der Waals surface area contributed by atoms with Crippen molar-refractivity contribution in [2.75, 3.05) is 13.1 Å². The van der Waals surface area contributed by atoms with E-state index >= 15 is 0 Å². The average molecular weight is 228 g/mol. The molecular formula is C11H14ClNO2. The van der Waals surface area contributed by atoms with E-state index in [1.807, 2.05) is 0 Å². The van der Waals surface area contributed by atoms with Crippen molar-refractivity contribution in [2.45, 2.75) is 18.1 Å². The van der Waals surface area contributed by atoms with Crippen LogP contribution < -0.4 is 5.32 Å². The van der Waals surface area contributed by atoms with Crippen molar-refractivity contribution < 1.29 is 10.2 Å². The Morgan fingerprint density at radius 1 is 1.33 bits per heavy atom. The van der Waals surface area contributed by atoms with Crippen molar-refractivity contribution in [1.82, 2.24) is 5.32 Å². The lowest BCUT2D eigenvalue weighted by Gasteiger charge is -2.37. The first-order chi connectivity index (χ1) is 7.13. The molecule has 4 heteroatoms. The maximum absolute atomic E-state index is 10.4. The molecule has 1 heterocycles. The molecule has 0 radical (unpaired) electrons. The van der Waals surface area contributed by atoms with Gasteiger partial charge in [0, 0.05) is 11.6 Å². The monoisotopic (exact) mass is 227 g/mol. The van der Waals surface area contributed by atoms with Gasteiger partial charge in [0.25, 0.3) is 0 Å². The standard InChI is InChI=1S/C11H14ClNO2/c12-9-3-1-8(2-4-9)11(15)5-6-13-7-10(11)14/h1-4,10,13-15H,5-7H2/t10-,11-/m0/s1. The van der Waals surface area contributed by atoms with Crippen LogP contribution in [-0.2, 0) is 5.60 Å². The summed E-state index contributed by atoms with van der Waals surface area (Å²) in [5.74, 6) is 0. The summed E-state index contributed by atoms with van der Waals surface area (Å²) in [7, 11) is 0. The van der Waals surface area contributed by atoms with E-state index in [1.54, 1.807) is 24.3 Å². The van der Waals surface area contributed by atoms with Gasteiger partial charge in [-0.2, -0.15) is 0 Å². The van der Waals surface area contributed by atoms with Crippen molar-refractivity contribution in [2.24, 2.45) is 0 Å². The molecule has 1 aromatic carbocycles. The number of nitrogens with one attached hydrogen (secondary N) is 1. The van der Waals surface area contributed by atoms with Gasteiger partial charge in [-0.25, -0.2) is 0 Å². The van der Waals surface area contributed by atoms with Gasteiger partial charge in [-0.1, -0.05) is 23.7 Å². The van der Waals surface area contributed by atoms with E-state index in [2.05, 4.69) is 5.32 Å². The molecule has 82 valence electrons. The minimum atomic E-state index is -1.14. The fourth-order valence-corrected chi connectivity index (χ4v) is 2.05. The number of piperidine rings is 1. The number of aliphatic hydroxyl groups is 2. The molecule has 0 unspecified atom stereocenters. The molecule has 0 saturated carbocycles. The lowest BCUT2D eigenvalue weighted by atomic mass is 9.83. The minimum Gasteiger partial charge on any atom is -0.388 e. The maximum atomic E-state index is 10.4. The van der Waals surface area contributed by atoms with E-state index in [0.717, 1.165) is 5.56 Å². The van der Waals surface area contributed by atoms with Gasteiger partial charge in [0.05, 0.1) is 6.10 Å². The molecule has 1 aliphatic heterocycles. The highest BCUT2D eigenvalue weighted by molar-refractivity contribution is 6.30. The Morgan fingerprint density at radius 2 is 2.00 bits per heavy atom. The molecule has 1 aromatic rings. The van der Waals surface area contributed by atoms with E-state index in [-0.39, 0.29) is 0 Å². The number of aliphatic hydroxyl groups excluding tert-OH is 1. The summed E-state index contributed by atoms with van der Waals surface area (Å²) in [4.78, 5) is 0. The number of β-amino-alcohol motifs (C(OH)–C–C–N with tert-alkyl or cyclic N) is 1. The summed E-state index contributed by atoms with van der Waals surface area (Å²) >= 11 is 5.78. The Bertz CT molecular complexity index is 341. The van der Waals surface area contributed by atoms with Crippen LogP contribution in [0.1, 0.15) is 12.0 Å². The summed E-state index contributed by atoms with van der Waals surface area (Å²) in [5, 5.41) is 23.8. The second-order valence-electron chi connectivity index (χ2n) is 3.90. The molecule has 0 amide bonds. The van der Waals surface area contributed by atoms with Gasteiger partial charge in [0.2, 0.25) is 0 Å². The van der Waals surface area contributed by atoms with Gasteiger partial charge >= 0.3 is 0 Å². The molecule has 3 nitrogen and oxygen atoms in total. The number of halogens is 1. The van der Waals surface area contributed by atoms with Crippen LogP contribution in [0.25, 0.3) is 0 Å². The minimum absolute atomic E-state index is 0.416. The number of rotatable bonds is 1. The van der Waals surface area contributed by atoms with Crippen molar-refractivity contribution in [3.63, 3.8) is 0 Å². The number of benzene rings is 1. The molecule has 2 atom stereocenters. The van der Waals surface area contributed by atoms with Gasteiger partial charge in [-0.15, -0.1) is 0 Å². The Morgan fingerprint density at radius 3 is 2.60 bits per heavy atom. The highest BCUT2D eigenvalue weighted by atomic mass is 35.5. The van der Waals surface area contributed by atoms with Crippen LogP contribution in [0.15, 0.2) is 24.3 Å². The summed E-state index contributed by atoms with van der Waals surface area (Å²) in [6.45, 7) is 1.12. The van der Waals surface area contributed by atoms with E-state index in [9.17, 15) is 10.2 Å². The van der Waals surface area contributed by atoms with Gasteiger partial charge in [-0.05, 0) is 30.7 Å². The largest absolute Gasteiger partial charge is 0.388 e. The third kappa shape index (κ3) is 2.01. The molecule has 3 N–H and O–H groups in total. The zero-order chi connectivity index (χ0) is 10.9. The van der Waals surface area contributed by atoms with Crippen LogP contribution in [0.5, 0.6) is 0 Å². The van der Waals surface area contributed by atoms with Gasteiger partial charge in [0.1, 0.15) is 5.60 Å². The predicted molar refractivity (Wildman–Crippen MR) is 58.8 cm³/mol. The number of hydrogen-bond acceptors (Lipinski definition) is 3. The molecule has 1 aliphatic rings. The van der Waals surface area contributed by atoms with E-state index in [1.165, 1.54) is 0 Å². The van der Waals surface area contributed by atoms with Crippen LogP contribution >= 0.6 is 11.6 Å². The zero-order valence-electron chi connectivity index (χ0n) is 8.28. The van der Waals surface area contributed by atoms with Crippen molar-refractivity contribution in [1.29, 1.82) is 0 Å². The highest BCUT2D eigenvalue weighted by Crippen LogP contribution is 2.31. The molecule has 0 spiro atoms. The molecule has 0 aromatic heterocycles. The average Bonchev–Trinajstić information content (AvgIpc) is 2.23. The molecule has 2 rings (SSSR count). The van der Waals surface area contributed by atoms with Gasteiger partial charge < -0.3 is 15.5 Å². The van der Waals surface area contributed by atoms with Crippen LogP contribution in [0.4, 0.5) is 0 Å². The first-order valence-electron chi connectivity index (χ1n) is 5.00. The molecule has 1 fully saturated rings. The third-order valence-corrected chi connectivity index (χ3v) is 3.17. The molecule has 1 saturated heterocycles. The predicted octanol–water partition coefficient (Wildman–Crippen LogP) is 0.882. The summed E-state index contributed by atoms with van der Waals surface area (Å²) in [6.07, 6.45) is -0.261. The zero-order valence-corrected chi connectivity index (χ0v) is 9.04. The van der Waals surface area contributed by atoms with Gasteiger partial charge in [0.15, 0.2) is 0 Å². The lowest BCUT2D eigenvalue weighted by molar-refractivity contribution is -0.0976. The highest BCUT2D eigenvalue weighted by Gasteiger charge is 2.39. The number of hydrogen-bond donors (Lipinski definition) is 3. The summed E-state index contributed by atoms with van der Waals surface area (Å²) in [6, 6.07) is 6.97. The lowest BCUT2D eigenvalue weighted by Crippen LogP contribution is -2.51. The Labute approximate surface area is 93.7 Å². The summed E-state index contributed by atoms with van der Waals surface area (Å²) in [5.41, 5.74) is -0.420. The summed E-state index contributed by atoms with van der Waals surface area (Å²) < 4.78 is 0. The topological polar surface area (TPSA) is 52.5 Å². The molecule has 0 bridgehead atoms. The van der Waals surface area contributed by atoms with Crippen molar-refractivity contribution in [3.05, 3.63) is 34.9 Å². The van der Waals surface area contributed by atoms with E-state index in [4.69, 9.17) is 11.6 Å². The fraction of sp³-hybridized carbons (Fsp3) is 0.455. The molecular weight excluding hydrogens is 214 g/mol. The molecule has 15 heavy (non-hydrogen) atoms. The first kappa shape index (κ1) is 10.9. The van der Waals surface area contributed by atoms with E-state index in [0.29, 0.717) is 24.5 Å². The van der Waals surface area contributed by atoms with Crippen LogP contribution in [-0.4, -0.2) is 29.4 Å². The second-order valence-corrected chi connectivity index (χ2v) is 4.34. The Hall–Kier alpha value is -0.610. The third-order valence-electron chi connectivity index (χ3n) is 2.92. The van der Waals surface area contributed by atoms with Crippen LogP contribution in [0, 0.1) is 0 Å². The van der Waals surface area contributed by atoms with Crippen molar-refractivity contribution >= 4 is 11.6 Å². The van der Waals surface area contributed by atoms with Gasteiger partial charge in [-0.3, -0.25) is 0 Å². The smallest absolute Gasteiger partial charge is 0.118 e.